The van der Waals surface area contributed by atoms with Crippen molar-refractivity contribution < 1.29 is 9.15 Å². The summed E-state index contributed by atoms with van der Waals surface area (Å²) in [5.41, 5.74) is 2.22. The van der Waals surface area contributed by atoms with Gasteiger partial charge in [-0.3, -0.25) is 0 Å². The van der Waals surface area contributed by atoms with Crippen molar-refractivity contribution in [3.63, 3.8) is 0 Å². The molecule has 0 aliphatic heterocycles. The first-order valence-corrected chi connectivity index (χ1v) is 6.28. The highest BCUT2D eigenvalue weighted by atomic mass is 16.5. The van der Waals surface area contributed by atoms with Crippen LogP contribution in [0.5, 0.6) is 5.75 Å². The number of oxazole rings is 1. The van der Waals surface area contributed by atoms with Gasteiger partial charge in [-0.25, -0.2) is 4.98 Å². The number of methoxy groups -OCH3 is 1. The summed E-state index contributed by atoms with van der Waals surface area (Å²) < 4.78 is 11.0. The van der Waals surface area contributed by atoms with Crippen LogP contribution >= 0.6 is 0 Å². The molecule has 102 valence electrons. The summed E-state index contributed by atoms with van der Waals surface area (Å²) in [4.78, 5) is 4.14. The molecule has 0 bridgehead atoms. The Morgan fingerprint density at radius 3 is 2.53 bits per heavy atom. The van der Waals surface area contributed by atoms with Crippen LogP contribution < -0.4 is 10.1 Å². The zero-order valence-electron chi connectivity index (χ0n) is 12.1. The van der Waals surface area contributed by atoms with Gasteiger partial charge in [-0.2, -0.15) is 0 Å². The molecule has 0 spiro atoms. The van der Waals surface area contributed by atoms with Gasteiger partial charge in [-0.15, -0.1) is 0 Å². The first kappa shape index (κ1) is 13.5. The van der Waals surface area contributed by atoms with Gasteiger partial charge >= 0.3 is 0 Å². The summed E-state index contributed by atoms with van der Waals surface area (Å²) in [6.45, 7) is 6.54. The third kappa shape index (κ3) is 2.72. The first-order chi connectivity index (χ1) is 8.95. The van der Waals surface area contributed by atoms with E-state index in [4.69, 9.17) is 9.15 Å². The molecule has 1 aromatic heterocycles. The second-order valence-electron chi connectivity index (χ2n) is 5.44. The SMILES string of the molecule is CNc1ncc(-c2cc(C(C)(C)C)ccc2OC)o1. The van der Waals surface area contributed by atoms with Crippen LogP contribution in [-0.2, 0) is 5.41 Å². The van der Waals surface area contributed by atoms with E-state index < -0.39 is 0 Å². The Labute approximate surface area is 113 Å². The number of hydrogen-bond donors (Lipinski definition) is 1. The van der Waals surface area contributed by atoms with Crippen molar-refractivity contribution in [3.8, 4) is 17.1 Å². The molecule has 0 fully saturated rings. The van der Waals surface area contributed by atoms with E-state index in [-0.39, 0.29) is 5.41 Å². The fourth-order valence-corrected chi connectivity index (χ4v) is 1.88. The molecule has 2 rings (SSSR count). The molecular formula is C15H20N2O2. The van der Waals surface area contributed by atoms with Crippen LogP contribution in [0.2, 0.25) is 0 Å². The largest absolute Gasteiger partial charge is 0.496 e. The lowest BCUT2D eigenvalue weighted by Gasteiger charge is -2.20. The first-order valence-electron chi connectivity index (χ1n) is 6.28. The maximum Gasteiger partial charge on any atom is 0.294 e. The van der Waals surface area contributed by atoms with E-state index in [2.05, 4.69) is 43.2 Å². The molecule has 1 N–H and O–H groups in total. The molecule has 0 saturated carbocycles. The predicted molar refractivity (Wildman–Crippen MR) is 76.7 cm³/mol. The van der Waals surface area contributed by atoms with Crippen molar-refractivity contribution in [3.05, 3.63) is 30.0 Å². The van der Waals surface area contributed by atoms with E-state index in [1.807, 2.05) is 6.07 Å². The van der Waals surface area contributed by atoms with Crippen LogP contribution in [0.3, 0.4) is 0 Å². The summed E-state index contributed by atoms with van der Waals surface area (Å²) in [7, 11) is 3.43. The Morgan fingerprint density at radius 1 is 1.26 bits per heavy atom. The predicted octanol–water partition coefficient (Wildman–Crippen LogP) is 3.69. The molecular weight excluding hydrogens is 240 g/mol. The number of aromatic nitrogens is 1. The summed E-state index contributed by atoms with van der Waals surface area (Å²) >= 11 is 0. The number of rotatable bonds is 3. The van der Waals surface area contributed by atoms with E-state index in [1.54, 1.807) is 20.4 Å². The molecule has 0 unspecified atom stereocenters. The molecule has 0 amide bonds. The summed E-state index contributed by atoms with van der Waals surface area (Å²) in [5, 5.41) is 2.88. The van der Waals surface area contributed by atoms with E-state index in [9.17, 15) is 0 Å². The van der Waals surface area contributed by atoms with Gasteiger partial charge in [0.15, 0.2) is 5.76 Å². The summed E-state index contributed by atoms with van der Waals surface area (Å²) in [6, 6.07) is 6.65. The van der Waals surface area contributed by atoms with Crippen molar-refractivity contribution in [1.82, 2.24) is 4.98 Å². The Morgan fingerprint density at radius 2 is 2.00 bits per heavy atom. The van der Waals surface area contributed by atoms with Gasteiger partial charge in [0.25, 0.3) is 6.01 Å². The van der Waals surface area contributed by atoms with Crippen LogP contribution in [0.4, 0.5) is 6.01 Å². The molecule has 0 radical (unpaired) electrons. The standard InChI is InChI=1S/C15H20N2O2/c1-15(2,3)10-6-7-12(18-5)11(8-10)13-9-17-14(16-4)19-13/h6-9H,1-5H3,(H,16,17). The maximum absolute atomic E-state index is 5.63. The maximum atomic E-state index is 5.63. The van der Waals surface area contributed by atoms with Crippen LogP contribution in [-0.4, -0.2) is 19.1 Å². The third-order valence-electron chi connectivity index (χ3n) is 3.05. The number of nitrogens with one attached hydrogen (secondary N) is 1. The molecule has 0 aliphatic rings. The molecule has 2 aromatic rings. The van der Waals surface area contributed by atoms with Crippen LogP contribution in [0.25, 0.3) is 11.3 Å². The van der Waals surface area contributed by atoms with E-state index in [1.165, 1.54) is 5.56 Å². The smallest absolute Gasteiger partial charge is 0.294 e. The second kappa shape index (κ2) is 4.96. The third-order valence-corrected chi connectivity index (χ3v) is 3.05. The number of hydrogen-bond acceptors (Lipinski definition) is 4. The van der Waals surface area contributed by atoms with Gasteiger partial charge in [0.2, 0.25) is 0 Å². The molecule has 1 aromatic carbocycles. The number of benzene rings is 1. The Kier molecular flexibility index (Phi) is 3.51. The lowest BCUT2D eigenvalue weighted by Crippen LogP contribution is -2.11. The monoisotopic (exact) mass is 260 g/mol. The minimum absolute atomic E-state index is 0.0763. The highest BCUT2D eigenvalue weighted by molar-refractivity contribution is 5.67. The topological polar surface area (TPSA) is 47.3 Å². The minimum Gasteiger partial charge on any atom is -0.496 e. The van der Waals surface area contributed by atoms with E-state index in [0.717, 1.165) is 11.3 Å². The molecule has 4 heteroatoms. The average Bonchev–Trinajstić information content (AvgIpc) is 2.85. The van der Waals surface area contributed by atoms with Gasteiger partial charge in [0.05, 0.1) is 18.9 Å². The van der Waals surface area contributed by atoms with Gasteiger partial charge < -0.3 is 14.5 Å². The second-order valence-corrected chi connectivity index (χ2v) is 5.44. The van der Waals surface area contributed by atoms with Crippen LogP contribution in [0.15, 0.2) is 28.8 Å². The molecule has 0 saturated heterocycles. The van der Waals surface area contributed by atoms with Gasteiger partial charge in [-0.05, 0) is 23.1 Å². The van der Waals surface area contributed by atoms with Crippen LogP contribution in [0, 0.1) is 0 Å². The van der Waals surface area contributed by atoms with Gasteiger partial charge in [0.1, 0.15) is 5.75 Å². The summed E-state index contributed by atoms with van der Waals surface area (Å²) in [6.07, 6.45) is 1.70. The lowest BCUT2D eigenvalue weighted by molar-refractivity contribution is 0.414. The van der Waals surface area contributed by atoms with Crippen molar-refractivity contribution in [2.75, 3.05) is 19.5 Å². The zero-order chi connectivity index (χ0) is 14.0. The van der Waals surface area contributed by atoms with Gasteiger partial charge in [-0.1, -0.05) is 26.8 Å². The van der Waals surface area contributed by atoms with Crippen molar-refractivity contribution in [2.45, 2.75) is 26.2 Å². The van der Waals surface area contributed by atoms with E-state index >= 15 is 0 Å². The minimum atomic E-state index is 0.0763. The highest BCUT2D eigenvalue weighted by Crippen LogP contribution is 2.35. The molecule has 19 heavy (non-hydrogen) atoms. The molecule has 4 nitrogen and oxygen atoms in total. The normalized spacial score (nSPS) is 11.4. The Hall–Kier alpha value is -1.97. The lowest BCUT2D eigenvalue weighted by atomic mass is 9.86. The number of nitrogens with zero attached hydrogens (tertiary/aromatic N) is 1. The fraction of sp³-hybridized carbons (Fsp3) is 0.400. The molecule has 0 aliphatic carbocycles. The molecule has 1 heterocycles. The van der Waals surface area contributed by atoms with Crippen LogP contribution in [0.1, 0.15) is 26.3 Å². The number of ether oxygens (including phenoxy) is 1. The Bertz CT molecular complexity index is 568. The fourth-order valence-electron chi connectivity index (χ4n) is 1.88. The van der Waals surface area contributed by atoms with Crippen molar-refractivity contribution in [1.29, 1.82) is 0 Å². The summed E-state index contributed by atoms with van der Waals surface area (Å²) in [5.74, 6) is 1.49. The molecule has 0 atom stereocenters. The average molecular weight is 260 g/mol. The highest BCUT2D eigenvalue weighted by Gasteiger charge is 2.18. The number of anilines is 1. The zero-order valence-corrected chi connectivity index (χ0v) is 12.1. The van der Waals surface area contributed by atoms with Gasteiger partial charge in [0, 0.05) is 7.05 Å². The Balaban J connectivity index is 2.53. The van der Waals surface area contributed by atoms with Crippen molar-refractivity contribution >= 4 is 6.01 Å². The quantitative estimate of drug-likeness (QED) is 0.914. The van der Waals surface area contributed by atoms with Crippen molar-refractivity contribution in [2.24, 2.45) is 0 Å². The van der Waals surface area contributed by atoms with E-state index in [0.29, 0.717) is 11.8 Å².